The molecule has 1 fully saturated rings. The molecule has 0 saturated heterocycles. The van der Waals surface area contributed by atoms with Gasteiger partial charge in [-0.3, -0.25) is 0 Å². The van der Waals surface area contributed by atoms with Crippen molar-refractivity contribution in [1.29, 1.82) is 0 Å². The van der Waals surface area contributed by atoms with Crippen molar-refractivity contribution in [3.8, 4) is 0 Å². The van der Waals surface area contributed by atoms with E-state index in [4.69, 9.17) is 5.73 Å². The van der Waals surface area contributed by atoms with Crippen LogP contribution in [-0.2, 0) is 0 Å². The van der Waals surface area contributed by atoms with E-state index in [2.05, 4.69) is 9.55 Å². The SMILES string of the molecule is CC(O)c1nc2cc(N)ccc2n1C1CC1. The zero-order valence-electron chi connectivity index (χ0n) is 9.22. The minimum Gasteiger partial charge on any atom is -0.399 e. The molecule has 1 heterocycles. The summed E-state index contributed by atoms with van der Waals surface area (Å²) >= 11 is 0. The average Bonchev–Trinajstić information content (AvgIpc) is 2.99. The van der Waals surface area contributed by atoms with Gasteiger partial charge in [-0.15, -0.1) is 0 Å². The molecule has 0 bridgehead atoms. The van der Waals surface area contributed by atoms with E-state index in [0.717, 1.165) is 16.9 Å². The number of nitrogen functional groups attached to an aromatic ring is 1. The molecule has 3 N–H and O–H groups in total. The lowest BCUT2D eigenvalue weighted by atomic mass is 10.3. The number of anilines is 1. The summed E-state index contributed by atoms with van der Waals surface area (Å²) in [6.45, 7) is 1.75. The second-order valence-corrected chi connectivity index (χ2v) is 4.50. The van der Waals surface area contributed by atoms with Gasteiger partial charge in [0, 0.05) is 11.7 Å². The molecule has 16 heavy (non-hydrogen) atoms. The second-order valence-electron chi connectivity index (χ2n) is 4.50. The molecule has 3 rings (SSSR count). The Morgan fingerprint density at radius 2 is 2.25 bits per heavy atom. The van der Waals surface area contributed by atoms with Crippen molar-refractivity contribution in [1.82, 2.24) is 9.55 Å². The fraction of sp³-hybridized carbons (Fsp3) is 0.417. The highest BCUT2D eigenvalue weighted by molar-refractivity contribution is 5.80. The van der Waals surface area contributed by atoms with E-state index >= 15 is 0 Å². The quantitative estimate of drug-likeness (QED) is 0.756. The van der Waals surface area contributed by atoms with Gasteiger partial charge in [-0.05, 0) is 38.0 Å². The summed E-state index contributed by atoms with van der Waals surface area (Å²) in [5, 5.41) is 9.74. The Kier molecular flexibility index (Phi) is 1.94. The van der Waals surface area contributed by atoms with Crippen LogP contribution in [-0.4, -0.2) is 14.7 Å². The molecule has 1 aliphatic rings. The number of aliphatic hydroxyl groups is 1. The first-order chi connectivity index (χ1) is 7.66. The highest BCUT2D eigenvalue weighted by atomic mass is 16.3. The van der Waals surface area contributed by atoms with Crippen LogP contribution in [0.1, 0.15) is 37.7 Å². The van der Waals surface area contributed by atoms with E-state index < -0.39 is 6.10 Å². The van der Waals surface area contributed by atoms with Crippen molar-refractivity contribution >= 4 is 16.7 Å². The third-order valence-corrected chi connectivity index (χ3v) is 3.03. The number of nitrogens with two attached hydrogens (primary N) is 1. The predicted molar refractivity (Wildman–Crippen MR) is 63.1 cm³/mol. The largest absolute Gasteiger partial charge is 0.399 e. The second kappa shape index (κ2) is 3.22. The summed E-state index contributed by atoms with van der Waals surface area (Å²) in [6, 6.07) is 6.25. The fourth-order valence-electron chi connectivity index (χ4n) is 2.15. The Balaban J connectivity index is 2.28. The van der Waals surface area contributed by atoms with Crippen LogP contribution in [0.5, 0.6) is 0 Å². The van der Waals surface area contributed by atoms with Crippen LogP contribution >= 0.6 is 0 Å². The Morgan fingerprint density at radius 1 is 1.50 bits per heavy atom. The summed E-state index contributed by atoms with van der Waals surface area (Å²) in [4.78, 5) is 4.47. The topological polar surface area (TPSA) is 64.1 Å². The summed E-state index contributed by atoms with van der Waals surface area (Å²) < 4.78 is 2.15. The van der Waals surface area contributed by atoms with Crippen molar-refractivity contribution < 1.29 is 5.11 Å². The van der Waals surface area contributed by atoms with Crippen molar-refractivity contribution in [2.45, 2.75) is 31.9 Å². The minimum absolute atomic E-state index is 0.512. The highest BCUT2D eigenvalue weighted by Gasteiger charge is 2.29. The van der Waals surface area contributed by atoms with Gasteiger partial charge in [0.1, 0.15) is 11.9 Å². The van der Waals surface area contributed by atoms with Crippen molar-refractivity contribution in [2.75, 3.05) is 5.73 Å². The van der Waals surface area contributed by atoms with Gasteiger partial charge in [0.15, 0.2) is 0 Å². The van der Waals surface area contributed by atoms with Crippen molar-refractivity contribution in [3.05, 3.63) is 24.0 Å². The van der Waals surface area contributed by atoms with Gasteiger partial charge in [-0.1, -0.05) is 0 Å². The zero-order chi connectivity index (χ0) is 11.3. The first kappa shape index (κ1) is 9.66. The molecule has 84 valence electrons. The number of aromatic nitrogens is 2. The van der Waals surface area contributed by atoms with Gasteiger partial charge in [0.2, 0.25) is 0 Å². The third kappa shape index (κ3) is 1.38. The van der Waals surface area contributed by atoms with Gasteiger partial charge in [-0.25, -0.2) is 4.98 Å². The average molecular weight is 217 g/mol. The minimum atomic E-state index is -0.533. The fourth-order valence-corrected chi connectivity index (χ4v) is 2.15. The first-order valence-corrected chi connectivity index (χ1v) is 5.62. The first-order valence-electron chi connectivity index (χ1n) is 5.62. The van der Waals surface area contributed by atoms with E-state index in [0.29, 0.717) is 11.7 Å². The van der Waals surface area contributed by atoms with Crippen LogP contribution in [0.15, 0.2) is 18.2 Å². The smallest absolute Gasteiger partial charge is 0.138 e. The molecule has 2 aromatic rings. The number of imidazole rings is 1. The number of hydrogen-bond donors (Lipinski definition) is 2. The van der Waals surface area contributed by atoms with Crippen LogP contribution in [0.25, 0.3) is 11.0 Å². The maximum atomic E-state index is 9.74. The van der Waals surface area contributed by atoms with Crippen LogP contribution in [0, 0.1) is 0 Å². The molecule has 1 aromatic heterocycles. The van der Waals surface area contributed by atoms with Crippen LogP contribution < -0.4 is 5.73 Å². The van der Waals surface area contributed by atoms with E-state index in [9.17, 15) is 5.11 Å². The molecule has 0 aliphatic heterocycles. The van der Waals surface area contributed by atoms with Crippen molar-refractivity contribution in [2.24, 2.45) is 0 Å². The van der Waals surface area contributed by atoms with Gasteiger partial charge in [-0.2, -0.15) is 0 Å². The summed E-state index contributed by atoms with van der Waals surface area (Å²) in [6.07, 6.45) is 1.82. The highest BCUT2D eigenvalue weighted by Crippen LogP contribution is 2.40. The molecule has 1 unspecified atom stereocenters. The van der Waals surface area contributed by atoms with Crippen LogP contribution in [0.4, 0.5) is 5.69 Å². The van der Waals surface area contributed by atoms with Gasteiger partial charge in [0.05, 0.1) is 11.0 Å². The maximum Gasteiger partial charge on any atom is 0.138 e. The number of hydrogen-bond acceptors (Lipinski definition) is 3. The molecular formula is C12H15N3O. The Hall–Kier alpha value is -1.55. The molecule has 4 nitrogen and oxygen atoms in total. The van der Waals surface area contributed by atoms with Crippen molar-refractivity contribution in [3.63, 3.8) is 0 Å². The number of aliphatic hydroxyl groups excluding tert-OH is 1. The predicted octanol–water partition coefficient (Wildman–Crippen LogP) is 2.01. The van der Waals surface area contributed by atoms with Gasteiger partial charge in [0.25, 0.3) is 0 Å². The molecule has 4 heteroatoms. The molecule has 0 spiro atoms. The third-order valence-electron chi connectivity index (χ3n) is 3.03. The normalized spacial score (nSPS) is 17.9. The Morgan fingerprint density at radius 3 is 2.88 bits per heavy atom. The monoisotopic (exact) mass is 217 g/mol. The lowest BCUT2D eigenvalue weighted by Gasteiger charge is -2.09. The van der Waals surface area contributed by atoms with Gasteiger partial charge < -0.3 is 15.4 Å². The van der Waals surface area contributed by atoms with Gasteiger partial charge >= 0.3 is 0 Å². The molecule has 1 atom stereocenters. The molecule has 1 aromatic carbocycles. The number of benzene rings is 1. The molecule has 1 aliphatic carbocycles. The van der Waals surface area contributed by atoms with E-state index in [1.165, 1.54) is 12.8 Å². The lowest BCUT2D eigenvalue weighted by molar-refractivity contribution is 0.184. The Bertz CT molecular complexity index is 540. The number of rotatable bonds is 2. The molecular weight excluding hydrogens is 202 g/mol. The maximum absolute atomic E-state index is 9.74. The van der Waals surface area contributed by atoms with E-state index in [1.54, 1.807) is 6.92 Å². The lowest BCUT2D eigenvalue weighted by Crippen LogP contribution is -2.04. The molecule has 0 radical (unpaired) electrons. The number of fused-ring (bicyclic) bond motifs is 1. The van der Waals surface area contributed by atoms with Crippen LogP contribution in [0.3, 0.4) is 0 Å². The zero-order valence-corrected chi connectivity index (χ0v) is 9.22. The number of nitrogens with zero attached hydrogens (tertiary/aromatic N) is 2. The summed E-state index contributed by atoms with van der Waals surface area (Å²) in [5.41, 5.74) is 8.41. The summed E-state index contributed by atoms with van der Waals surface area (Å²) in [5.74, 6) is 0.753. The molecule has 0 amide bonds. The van der Waals surface area contributed by atoms with E-state index in [-0.39, 0.29) is 0 Å². The van der Waals surface area contributed by atoms with E-state index in [1.807, 2.05) is 18.2 Å². The Labute approximate surface area is 93.7 Å². The van der Waals surface area contributed by atoms with Crippen LogP contribution in [0.2, 0.25) is 0 Å². The summed E-state index contributed by atoms with van der Waals surface area (Å²) in [7, 11) is 0. The molecule has 1 saturated carbocycles. The standard InChI is InChI=1S/C12H15N3O/c1-7(16)12-14-10-6-8(13)2-5-11(10)15(12)9-3-4-9/h2,5-7,9,16H,3-4,13H2,1H3.